The minimum Gasteiger partial charge on any atom is -0.314 e. The summed E-state index contributed by atoms with van der Waals surface area (Å²) in [5.41, 5.74) is 0. The number of rotatable bonds is 6. The van der Waals surface area contributed by atoms with Crippen molar-refractivity contribution in [3.63, 3.8) is 0 Å². The van der Waals surface area contributed by atoms with Crippen molar-refractivity contribution >= 4 is 0 Å². The molecule has 2 heteroatoms. The van der Waals surface area contributed by atoms with E-state index in [1.807, 2.05) is 0 Å². The first-order valence-corrected chi connectivity index (χ1v) is 8.34. The normalized spacial score (nSPS) is 24.5. The van der Waals surface area contributed by atoms with E-state index in [1.165, 1.54) is 84.0 Å². The van der Waals surface area contributed by atoms with Gasteiger partial charge in [0.25, 0.3) is 0 Å². The van der Waals surface area contributed by atoms with Gasteiger partial charge in [0.05, 0.1) is 0 Å². The fourth-order valence-electron chi connectivity index (χ4n) is 3.64. The molecule has 1 aliphatic heterocycles. The Labute approximate surface area is 114 Å². The summed E-state index contributed by atoms with van der Waals surface area (Å²) in [6, 6.07) is 0.807. The molecule has 2 fully saturated rings. The minimum absolute atomic E-state index is 0.807. The number of hydrogen-bond acceptors (Lipinski definition) is 2. The molecular formula is C16H32N2. The van der Waals surface area contributed by atoms with Crippen molar-refractivity contribution in [2.75, 3.05) is 26.2 Å². The SMILES string of the molecule is CCCN1CCC(NCCC2CCCCC2)CC1. The molecule has 1 N–H and O–H groups in total. The Kier molecular flexibility index (Phi) is 6.50. The van der Waals surface area contributed by atoms with Crippen molar-refractivity contribution in [1.29, 1.82) is 0 Å². The maximum atomic E-state index is 3.80. The van der Waals surface area contributed by atoms with Crippen LogP contribution in [0.2, 0.25) is 0 Å². The second-order valence-corrected chi connectivity index (χ2v) is 6.36. The standard InChI is InChI=1S/C16H32N2/c1-2-12-18-13-9-16(10-14-18)17-11-8-15-6-4-3-5-7-15/h15-17H,2-14H2,1H3. The monoisotopic (exact) mass is 252 g/mol. The minimum atomic E-state index is 0.807. The molecule has 1 saturated carbocycles. The van der Waals surface area contributed by atoms with E-state index in [0.29, 0.717) is 0 Å². The van der Waals surface area contributed by atoms with Crippen molar-refractivity contribution in [1.82, 2.24) is 10.2 Å². The Morgan fingerprint density at radius 3 is 2.39 bits per heavy atom. The molecule has 1 aliphatic carbocycles. The summed E-state index contributed by atoms with van der Waals surface area (Å²) in [4.78, 5) is 2.62. The van der Waals surface area contributed by atoms with E-state index in [0.717, 1.165) is 12.0 Å². The Balaban J connectivity index is 1.52. The average Bonchev–Trinajstić information content (AvgIpc) is 2.42. The van der Waals surface area contributed by atoms with Gasteiger partial charge in [0, 0.05) is 6.04 Å². The Hall–Kier alpha value is -0.0800. The fraction of sp³-hybridized carbons (Fsp3) is 1.00. The van der Waals surface area contributed by atoms with E-state index in [4.69, 9.17) is 0 Å². The molecule has 0 unspecified atom stereocenters. The van der Waals surface area contributed by atoms with Gasteiger partial charge in [-0.3, -0.25) is 0 Å². The lowest BCUT2D eigenvalue weighted by Gasteiger charge is -2.32. The summed E-state index contributed by atoms with van der Waals surface area (Å²) < 4.78 is 0. The highest BCUT2D eigenvalue weighted by Crippen LogP contribution is 2.25. The molecule has 0 aromatic heterocycles. The molecule has 106 valence electrons. The van der Waals surface area contributed by atoms with Crippen LogP contribution in [0.3, 0.4) is 0 Å². The van der Waals surface area contributed by atoms with Crippen LogP contribution in [0.4, 0.5) is 0 Å². The maximum absolute atomic E-state index is 3.80. The lowest BCUT2D eigenvalue weighted by Crippen LogP contribution is -2.43. The highest BCUT2D eigenvalue weighted by molar-refractivity contribution is 4.77. The second kappa shape index (κ2) is 8.16. The van der Waals surface area contributed by atoms with Crippen molar-refractivity contribution < 1.29 is 0 Å². The van der Waals surface area contributed by atoms with Gasteiger partial charge in [-0.05, 0) is 57.8 Å². The van der Waals surface area contributed by atoms with Crippen molar-refractivity contribution in [3.8, 4) is 0 Å². The van der Waals surface area contributed by atoms with Gasteiger partial charge in [-0.2, -0.15) is 0 Å². The Morgan fingerprint density at radius 2 is 1.72 bits per heavy atom. The number of nitrogens with zero attached hydrogens (tertiary/aromatic N) is 1. The van der Waals surface area contributed by atoms with Crippen LogP contribution in [0.1, 0.15) is 64.7 Å². The van der Waals surface area contributed by atoms with Gasteiger partial charge in [0.2, 0.25) is 0 Å². The topological polar surface area (TPSA) is 15.3 Å². The van der Waals surface area contributed by atoms with E-state index in [9.17, 15) is 0 Å². The molecule has 0 radical (unpaired) electrons. The predicted octanol–water partition coefficient (Wildman–Crippen LogP) is 3.42. The van der Waals surface area contributed by atoms with Crippen LogP contribution in [0.15, 0.2) is 0 Å². The van der Waals surface area contributed by atoms with Crippen LogP contribution in [0.5, 0.6) is 0 Å². The molecule has 2 rings (SSSR count). The van der Waals surface area contributed by atoms with Crippen LogP contribution < -0.4 is 5.32 Å². The van der Waals surface area contributed by atoms with E-state index in [-0.39, 0.29) is 0 Å². The predicted molar refractivity (Wildman–Crippen MR) is 78.9 cm³/mol. The molecular weight excluding hydrogens is 220 g/mol. The molecule has 0 amide bonds. The first-order valence-electron chi connectivity index (χ1n) is 8.34. The summed E-state index contributed by atoms with van der Waals surface area (Å²) in [6.45, 7) is 7.48. The van der Waals surface area contributed by atoms with Gasteiger partial charge < -0.3 is 10.2 Å². The number of likely N-dealkylation sites (tertiary alicyclic amines) is 1. The average molecular weight is 252 g/mol. The van der Waals surface area contributed by atoms with Crippen LogP contribution in [-0.4, -0.2) is 37.1 Å². The smallest absolute Gasteiger partial charge is 0.00914 e. The molecule has 1 heterocycles. The zero-order valence-electron chi connectivity index (χ0n) is 12.3. The largest absolute Gasteiger partial charge is 0.314 e. The summed E-state index contributed by atoms with van der Waals surface area (Å²) in [6.07, 6.45) is 12.9. The molecule has 2 nitrogen and oxygen atoms in total. The molecule has 2 aliphatic rings. The van der Waals surface area contributed by atoms with Gasteiger partial charge in [0.1, 0.15) is 0 Å². The fourth-order valence-corrected chi connectivity index (χ4v) is 3.64. The lowest BCUT2D eigenvalue weighted by atomic mass is 9.87. The summed E-state index contributed by atoms with van der Waals surface area (Å²) >= 11 is 0. The van der Waals surface area contributed by atoms with E-state index in [2.05, 4.69) is 17.1 Å². The maximum Gasteiger partial charge on any atom is 0.00914 e. The molecule has 0 aromatic rings. The quantitative estimate of drug-likeness (QED) is 0.779. The van der Waals surface area contributed by atoms with Gasteiger partial charge in [-0.1, -0.05) is 39.0 Å². The van der Waals surface area contributed by atoms with Crippen LogP contribution in [0.25, 0.3) is 0 Å². The van der Waals surface area contributed by atoms with Crippen LogP contribution in [0, 0.1) is 5.92 Å². The van der Waals surface area contributed by atoms with Crippen LogP contribution >= 0.6 is 0 Å². The summed E-state index contributed by atoms with van der Waals surface area (Å²) in [5, 5.41) is 3.80. The first-order chi connectivity index (χ1) is 8.88. The molecule has 18 heavy (non-hydrogen) atoms. The Bertz CT molecular complexity index is 203. The number of hydrogen-bond donors (Lipinski definition) is 1. The van der Waals surface area contributed by atoms with Gasteiger partial charge in [-0.15, -0.1) is 0 Å². The molecule has 0 bridgehead atoms. The molecule has 0 aromatic carbocycles. The Morgan fingerprint density at radius 1 is 1.00 bits per heavy atom. The van der Waals surface area contributed by atoms with E-state index < -0.39 is 0 Å². The van der Waals surface area contributed by atoms with Gasteiger partial charge in [-0.25, -0.2) is 0 Å². The zero-order chi connectivity index (χ0) is 12.6. The van der Waals surface area contributed by atoms with Crippen LogP contribution in [-0.2, 0) is 0 Å². The zero-order valence-corrected chi connectivity index (χ0v) is 12.3. The lowest BCUT2D eigenvalue weighted by molar-refractivity contribution is 0.195. The number of nitrogens with one attached hydrogen (secondary N) is 1. The highest BCUT2D eigenvalue weighted by Gasteiger charge is 2.18. The summed E-state index contributed by atoms with van der Waals surface area (Å²) in [5.74, 6) is 1.03. The molecule has 0 spiro atoms. The number of piperidine rings is 1. The third-order valence-corrected chi connectivity index (χ3v) is 4.84. The van der Waals surface area contributed by atoms with E-state index >= 15 is 0 Å². The molecule has 0 atom stereocenters. The third-order valence-electron chi connectivity index (χ3n) is 4.84. The molecule has 1 saturated heterocycles. The van der Waals surface area contributed by atoms with Gasteiger partial charge >= 0.3 is 0 Å². The van der Waals surface area contributed by atoms with Crippen molar-refractivity contribution in [2.24, 2.45) is 5.92 Å². The first kappa shape index (κ1) is 14.3. The summed E-state index contributed by atoms with van der Waals surface area (Å²) in [7, 11) is 0. The highest BCUT2D eigenvalue weighted by atomic mass is 15.1. The third kappa shape index (κ3) is 4.89. The second-order valence-electron chi connectivity index (χ2n) is 6.36. The van der Waals surface area contributed by atoms with Crippen molar-refractivity contribution in [3.05, 3.63) is 0 Å². The van der Waals surface area contributed by atoms with E-state index in [1.54, 1.807) is 0 Å². The van der Waals surface area contributed by atoms with Gasteiger partial charge in [0.15, 0.2) is 0 Å². The van der Waals surface area contributed by atoms with Crippen molar-refractivity contribution in [2.45, 2.75) is 70.8 Å².